The second kappa shape index (κ2) is 7.07. The predicted octanol–water partition coefficient (Wildman–Crippen LogP) is 2.96. The number of carboxylic acid groups (broad SMARTS) is 1. The Kier molecular flexibility index (Phi) is 4.63. The number of hydrogen-bond donors (Lipinski definition) is 1. The number of carboxylic acids is 1. The first kappa shape index (κ1) is 17.0. The van der Waals surface area contributed by atoms with Crippen LogP contribution in [0.25, 0.3) is 11.4 Å². The van der Waals surface area contributed by atoms with Crippen LogP contribution in [0.5, 0.6) is 5.75 Å². The van der Waals surface area contributed by atoms with Gasteiger partial charge in [-0.2, -0.15) is 4.98 Å². The minimum absolute atomic E-state index is 0.307. The summed E-state index contributed by atoms with van der Waals surface area (Å²) in [5.74, 6) is 1.45. The van der Waals surface area contributed by atoms with E-state index in [1.807, 2.05) is 24.3 Å². The molecule has 1 saturated heterocycles. The lowest BCUT2D eigenvalue weighted by Gasteiger charge is -2.31. The van der Waals surface area contributed by atoms with Gasteiger partial charge in [-0.15, -0.1) is 0 Å². The van der Waals surface area contributed by atoms with Crippen LogP contribution < -0.4 is 4.74 Å². The number of methoxy groups -OCH3 is 1. The first-order valence-electron chi connectivity index (χ1n) is 9.11. The Bertz CT molecular complexity index is 773. The third kappa shape index (κ3) is 3.19. The van der Waals surface area contributed by atoms with Gasteiger partial charge < -0.3 is 14.4 Å². The Morgan fingerprint density at radius 3 is 2.81 bits per heavy atom. The molecule has 2 fully saturated rings. The second-order valence-electron chi connectivity index (χ2n) is 7.11. The van der Waals surface area contributed by atoms with Crippen molar-refractivity contribution in [3.63, 3.8) is 0 Å². The summed E-state index contributed by atoms with van der Waals surface area (Å²) < 4.78 is 10.6. The molecule has 0 bridgehead atoms. The molecule has 3 atom stereocenters. The molecule has 26 heavy (non-hydrogen) atoms. The fourth-order valence-electron chi connectivity index (χ4n) is 4.36. The highest BCUT2D eigenvalue weighted by molar-refractivity contribution is 5.74. The maximum Gasteiger partial charge on any atom is 0.320 e. The van der Waals surface area contributed by atoms with Crippen LogP contribution in [0.1, 0.15) is 38.0 Å². The van der Waals surface area contributed by atoms with Gasteiger partial charge >= 0.3 is 5.97 Å². The fraction of sp³-hybridized carbons (Fsp3) is 0.526. The van der Waals surface area contributed by atoms with Crippen LogP contribution in [0, 0.1) is 5.92 Å². The zero-order valence-corrected chi connectivity index (χ0v) is 14.8. The molecule has 1 aromatic heterocycles. The zero-order valence-electron chi connectivity index (χ0n) is 14.8. The van der Waals surface area contributed by atoms with Gasteiger partial charge in [0.15, 0.2) is 0 Å². The zero-order chi connectivity index (χ0) is 18.1. The highest BCUT2D eigenvalue weighted by Crippen LogP contribution is 2.40. The summed E-state index contributed by atoms with van der Waals surface area (Å²) in [6.45, 7) is 0.390. The number of aromatic nitrogens is 2. The SMILES string of the molecule is COc1ccc(-c2noc(CN3[C@H](C(=O)O)C[C@@H]4CCCC[C@@H]43)n2)cc1. The quantitative estimate of drug-likeness (QED) is 0.880. The molecule has 1 aliphatic heterocycles. The van der Waals surface area contributed by atoms with Crippen molar-refractivity contribution in [1.82, 2.24) is 15.0 Å². The average molecular weight is 357 g/mol. The average Bonchev–Trinajstić information content (AvgIpc) is 3.27. The number of ether oxygens (including phenoxy) is 1. The normalized spacial score (nSPS) is 25.8. The molecular formula is C19H23N3O4. The van der Waals surface area contributed by atoms with E-state index in [0.717, 1.165) is 37.0 Å². The van der Waals surface area contributed by atoms with E-state index in [1.165, 1.54) is 6.42 Å². The molecule has 138 valence electrons. The van der Waals surface area contributed by atoms with Gasteiger partial charge in [0.25, 0.3) is 0 Å². The molecule has 0 spiro atoms. The van der Waals surface area contributed by atoms with E-state index in [4.69, 9.17) is 9.26 Å². The van der Waals surface area contributed by atoms with Crippen molar-refractivity contribution in [3.8, 4) is 17.1 Å². The molecule has 7 heteroatoms. The van der Waals surface area contributed by atoms with E-state index in [1.54, 1.807) is 7.11 Å². The maximum atomic E-state index is 11.7. The Morgan fingerprint density at radius 1 is 1.31 bits per heavy atom. The van der Waals surface area contributed by atoms with Crippen LogP contribution in [0.2, 0.25) is 0 Å². The van der Waals surface area contributed by atoms with Crippen molar-refractivity contribution < 1.29 is 19.2 Å². The number of rotatable bonds is 5. The smallest absolute Gasteiger partial charge is 0.320 e. The van der Waals surface area contributed by atoms with Crippen molar-refractivity contribution in [2.45, 2.75) is 50.7 Å². The van der Waals surface area contributed by atoms with Crippen LogP contribution >= 0.6 is 0 Å². The van der Waals surface area contributed by atoms with Crippen molar-refractivity contribution in [1.29, 1.82) is 0 Å². The molecular weight excluding hydrogens is 334 g/mol. The van der Waals surface area contributed by atoms with Crippen molar-refractivity contribution in [2.75, 3.05) is 7.11 Å². The third-order valence-corrected chi connectivity index (χ3v) is 5.64. The number of carbonyl (C=O) groups is 1. The van der Waals surface area contributed by atoms with Crippen molar-refractivity contribution in [2.24, 2.45) is 5.92 Å². The number of nitrogens with zero attached hydrogens (tertiary/aromatic N) is 3. The number of hydrogen-bond acceptors (Lipinski definition) is 6. The van der Waals surface area contributed by atoms with Gasteiger partial charge in [0, 0.05) is 11.6 Å². The van der Waals surface area contributed by atoms with Gasteiger partial charge in [0.2, 0.25) is 11.7 Å². The monoisotopic (exact) mass is 357 g/mol. The lowest BCUT2D eigenvalue weighted by atomic mass is 9.85. The minimum atomic E-state index is -0.755. The van der Waals surface area contributed by atoms with E-state index in [-0.39, 0.29) is 0 Å². The predicted molar refractivity (Wildman–Crippen MR) is 93.6 cm³/mol. The van der Waals surface area contributed by atoms with E-state index < -0.39 is 12.0 Å². The molecule has 1 aromatic carbocycles. The number of fused-ring (bicyclic) bond motifs is 1. The van der Waals surface area contributed by atoms with Gasteiger partial charge in [-0.25, -0.2) is 0 Å². The Balaban J connectivity index is 1.52. The van der Waals surface area contributed by atoms with Gasteiger partial charge in [-0.1, -0.05) is 18.0 Å². The number of aliphatic carboxylic acids is 1. The number of likely N-dealkylation sites (tertiary alicyclic amines) is 1. The maximum absolute atomic E-state index is 11.7. The van der Waals surface area contributed by atoms with Gasteiger partial charge in [-0.05, 0) is 49.4 Å². The molecule has 0 unspecified atom stereocenters. The first-order valence-corrected chi connectivity index (χ1v) is 9.11. The molecule has 1 N–H and O–H groups in total. The third-order valence-electron chi connectivity index (χ3n) is 5.64. The summed E-state index contributed by atoms with van der Waals surface area (Å²) in [7, 11) is 1.62. The Labute approximate surface area is 152 Å². The minimum Gasteiger partial charge on any atom is -0.497 e. The molecule has 0 radical (unpaired) electrons. The topological polar surface area (TPSA) is 88.7 Å². The van der Waals surface area contributed by atoms with Gasteiger partial charge in [-0.3, -0.25) is 9.69 Å². The number of benzene rings is 1. The van der Waals surface area contributed by atoms with Crippen LogP contribution in [-0.4, -0.2) is 45.3 Å². The second-order valence-corrected chi connectivity index (χ2v) is 7.11. The van der Waals surface area contributed by atoms with E-state index in [2.05, 4.69) is 15.0 Å². The Hall–Kier alpha value is -2.41. The van der Waals surface area contributed by atoms with Crippen LogP contribution in [0.3, 0.4) is 0 Å². The lowest BCUT2D eigenvalue weighted by molar-refractivity contribution is -0.143. The Morgan fingerprint density at radius 2 is 2.08 bits per heavy atom. The first-order chi connectivity index (χ1) is 12.7. The van der Waals surface area contributed by atoms with E-state index in [9.17, 15) is 9.90 Å². The molecule has 2 aliphatic rings. The van der Waals surface area contributed by atoms with E-state index in [0.29, 0.717) is 30.2 Å². The molecule has 1 saturated carbocycles. The highest BCUT2D eigenvalue weighted by Gasteiger charge is 2.45. The highest BCUT2D eigenvalue weighted by atomic mass is 16.5. The van der Waals surface area contributed by atoms with Crippen LogP contribution in [0.4, 0.5) is 0 Å². The summed E-state index contributed by atoms with van der Waals surface area (Å²) in [6, 6.07) is 7.29. The van der Waals surface area contributed by atoms with Crippen LogP contribution in [0.15, 0.2) is 28.8 Å². The summed E-state index contributed by atoms with van der Waals surface area (Å²) >= 11 is 0. The van der Waals surface area contributed by atoms with Crippen LogP contribution in [-0.2, 0) is 11.3 Å². The fourth-order valence-corrected chi connectivity index (χ4v) is 4.36. The summed E-state index contributed by atoms with van der Waals surface area (Å²) in [6.07, 6.45) is 5.24. The molecule has 0 amide bonds. The van der Waals surface area contributed by atoms with Crippen molar-refractivity contribution in [3.05, 3.63) is 30.2 Å². The molecule has 2 heterocycles. The summed E-state index contributed by atoms with van der Waals surface area (Å²) in [4.78, 5) is 18.2. The molecule has 7 nitrogen and oxygen atoms in total. The summed E-state index contributed by atoms with van der Waals surface area (Å²) in [5, 5.41) is 13.7. The lowest BCUT2D eigenvalue weighted by Crippen LogP contribution is -2.41. The standard InChI is InChI=1S/C19H23N3O4/c1-25-14-8-6-12(7-9-14)18-20-17(26-21-18)11-22-15-5-3-2-4-13(15)10-16(22)19(23)24/h6-9,13,15-16H,2-5,10-11H2,1H3,(H,23,24)/t13-,15-,16-/m0/s1. The molecule has 2 aromatic rings. The molecule has 1 aliphatic carbocycles. The molecule has 4 rings (SSSR count). The van der Waals surface area contributed by atoms with Gasteiger partial charge in [0.1, 0.15) is 11.8 Å². The summed E-state index contributed by atoms with van der Waals surface area (Å²) in [5.41, 5.74) is 0.840. The van der Waals surface area contributed by atoms with E-state index >= 15 is 0 Å². The van der Waals surface area contributed by atoms with Crippen molar-refractivity contribution >= 4 is 5.97 Å². The largest absolute Gasteiger partial charge is 0.497 e. The van der Waals surface area contributed by atoms with Gasteiger partial charge in [0.05, 0.1) is 13.7 Å².